The Labute approximate surface area is 155 Å². The number of nitrogens with zero attached hydrogens (tertiary/aromatic N) is 2. The number of amides is 2. The van der Waals surface area contributed by atoms with E-state index in [9.17, 15) is 9.59 Å². The van der Waals surface area contributed by atoms with E-state index >= 15 is 0 Å². The van der Waals surface area contributed by atoms with E-state index < -0.39 is 0 Å². The Morgan fingerprint density at radius 2 is 1.92 bits per heavy atom. The smallest absolute Gasteiger partial charge is 0.223 e. The van der Waals surface area contributed by atoms with Crippen LogP contribution in [0.4, 0.5) is 5.69 Å². The van der Waals surface area contributed by atoms with E-state index in [2.05, 4.69) is 10.2 Å². The zero-order valence-electron chi connectivity index (χ0n) is 15.7. The first-order valence-electron chi connectivity index (χ1n) is 9.18. The summed E-state index contributed by atoms with van der Waals surface area (Å²) in [5.41, 5.74) is 0.766. The van der Waals surface area contributed by atoms with E-state index in [1.54, 1.807) is 4.90 Å². The Morgan fingerprint density at radius 1 is 1.23 bits per heavy atom. The van der Waals surface area contributed by atoms with Crippen LogP contribution in [-0.2, 0) is 14.3 Å². The highest BCUT2D eigenvalue weighted by atomic mass is 16.5. The number of morpholine rings is 1. The van der Waals surface area contributed by atoms with Crippen molar-refractivity contribution in [2.75, 3.05) is 57.4 Å². The van der Waals surface area contributed by atoms with Gasteiger partial charge in [0.25, 0.3) is 0 Å². The first-order valence-corrected chi connectivity index (χ1v) is 9.18. The van der Waals surface area contributed by atoms with Gasteiger partial charge in [-0.15, -0.1) is 0 Å². The van der Waals surface area contributed by atoms with E-state index in [1.165, 1.54) is 6.92 Å². The summed E-state index contributed by atoms with van der Waals surface area (Å²) < 4.78 is 10.7. The molecular formula is C19H29N3O4. The van der Waals surface area contributed by atoms with Crippen molar-refractivity contribution < 1.29 is 19.1 Å². The first kappa shape index (κ1) is 20.2. The van der Waals surface area contributed by atoms with Gasteiger partial charge < -0.3 is 19.7 Å². The van der Waals surface area contributed by atoms with Gasteiger partial charge in [0.2, 0.25) is 11.8 Å². The molecule has 1 fully saturated rings. The number of nitrogens with one attached hydrogen (secondary N) is 1. The van der Waals surface area contributed by atoms with Crippen LogP contribution in [0.25, 0.3) is 0 Å². The predicted octanol–water partition coefficient (Wildman–Crippen LogP) is 1.28. The third-order valence-corrected chi connectivity index (χ3v) is 4.26. The van der Waals surface area contributed by atoms with Crippen LogP contribution in [-0.4, -0.2) is 69.3 Å². The van der Waals surface area contributed by atoms with Crippen molar-refractivity contribution in [2.45, 2.75) is 20.3 Å². The van der Waals surface area contributed by atoms with Gasteiger partial charge in [-0.1, -0.05) is 0 Å². The van der Waals surface area contributed by atoms with Crippen molar-refractivity contribution in [3.05, 3.63) is 24.3 Å². The highest BCUT2D eigenvalue weighted by Crippen LogP contribution is 2.20. The van der Waals surface area contributed by atoms with Crippen molar-refractivity contribution in [3.8, 4) is 5.75 Å². The monoisotopic (exact) mass is 363 g/mol. The second-order valence-corrected chi connectivity index (χ2v) is 6.15. The molecule has 0 radical (unpaired) electrons. The fourth-order valence-electron chi connectivity index (χ4n) is 2.84. The molecule has 7 nitrogen and oxygen atoms in total. The summed E-state index contributed by atoms with van der Waals surface area (Å²) in [7, 11) is 0. The molecular weight excluding hydrogens is 334 g/mol. The molecule has 1 aliphatic heterocycles. The SMILES string of the molecule is CCOc1ccc(N(CCC(=O)NCCN2CCOCC2)C(C)=O)cc1. The molecule has 144 valence electrons. The van der Waals surface area contributed by atoms with E-state index in [0.29, 0.717) is 19.7 Å². The van der Waals surface area contributed by atoms with Crippen molar-refractivity contribution in [3.63, 3.8) is 0 Å². The minimum Gasteiger partial charge on any atom is -0.494 e. The van der Waals surface area contributed by atoms with Gasteiger partial charge in [0, 0.05) is 51.8 Å². The van der Waals surface area contributed by atoms with E-state index in [4.69, 9.17) is 9.47 Å². The topological polar surface area (TPSA) is 71.1 Å². The molecule has 0 aliphatic carbocycles. The lowest BCUT2D eigenvalue weighted by Gasteiger charge is -2.26. The summed E-state index contributed by atoms with van der Waals surface area (Å²) in [6, 6.07) is 7.33. The van der Waals surface area contributed by atoms with E-state index in [-0.39, 0.29) is 18.2 Å². The second kappa shape index (κ2) is 10.8. The summed E-state index contributed by atoms with van der Waals surface area (Å²) in [6.45, 7) is 9.14. The molecule has 0 atom stereocenters. The number of hydrogen-bond acceptors (Lipinski definition) is 5. The Morgan fingerprint density at radius 3 is 2.54 bits per heavy atom. The maximum absolute atomic E-state index is 12.1. The molecule has 0 spiro atoms. The standard InChI is InChI=1S/C19H29N3O4/c1-3-26-18-6-4-17(5-7-18)22(16(2)23)10-8-19(24)20-9-11-21-12-14-25-15-13-21/h4-7H,3,8-15H2,1-2H3,(H,20,24). The largest absolute Gasteiger partial charge is 0.494 e. The molecule has 26 heavy (non-hydrogen) atoms. The van der Waals surface area contributed by atoms with Crippen molar-refractivity contribution in [1.29, 1.82) is 0 Å². The second-order valence-electron chi connectivity index (χ2n) is 6.15. The quantitative estimate of drug-likeness (QED) is 0.716. The highest BCUT2D eigenvalue weighted by Gasteiger charge is 2.14. The van der Waals surface area contributed by atoms with Crippen LogP contribution in [0.1, 0.15) is 20.3 Å². The van der Waals surface area contributed by atoms with Gasteiger partial charge in [-0.05, 0) is 31.2 Å². The maximum atomic E-state index is 12.1. The lowest BCUT2D eigenvalue weighted by Crippen LogP contribution is -2.42. The van der Waals surface area contributed by atoms with Gasteiger partial charge in [0.05, 0.1) is 19.8 Å². The van der Waals surface area contributed by atoms with Crippen LogP contribution >= 0.6 is 0 Å². The third-order valence-electron chi connectivity index (χ3n) is 4.26. The van der Waals surface area contributed by atoms with Gasteiger partial charge in [-0.2, -0.15) is 0 Å². The number of carbonyl (C=O) groups excluding carboxylic acids is 2. The Balaban J connectivity index is 1.76. The molecule has 2 rings (SSSR count). The van der Waals surface area contributed by atoms with Crippen LogP contribution in [0, 0.1) is 0 Å². The molecule has 0 aromatic heterocycles. The molecule has 1 saturated heterocycles. The average molecular weight is 363 g/mol. The van der Waals surface area contributed by atoms with Crippen LogP contribution in [0.2, 0.25) is 0 Å². The number of benzene rings is 1. The summed E-state index contributed by atoms with van der Waals surface area (Å²) in [4.78, 5) is 27.9. The number of ether oxygens (including phenoxy) is 2. The lowest BCUT2D eigenvalue weighted by atomic mass is 10.2. The summed E-state index contributed by atoms with van der Waals surface area (Å²) in [5, 5.41) is 2.92. The Kier molecular flexibility index (Phi) is 8.37. The van der Waals surface area contributed by atoms with Crippen molar-refractivity contribution in [2.24, 2.45) is 0 Å². The van der Waals surface area contributed by atoms with E-state index in [1.807, 2.05) is 31.2 Å². The van der Waals surface area contributed by atoms with Crippen LogP contribution < -0.4 is 15.0 Å². The van der Waals surface area contributed by atoms with Gasteiger partial charge in [-0.25, -0.2) is 0 Å². The number of hydrogen-bond donors (Lipinski definition) is 1. The predicted molar refractivity (Wildman–Crippen MR) is 101 cm³/mol. The molecule has 7 heteroatoms. The summed E-state index contributed by atoms with van der Waals surface area (Å²) in [5.74, 6) is 0.631. The van der Waals surface area contributed by atoms with Crippen molar-refractivity contribution in [1.82, 2.24) is 10.2 Å². The molecule has 0 unspecified atom stereocenters. The van der Waals surface area contributed by atoms with Crippen LogP contribution in [0.15, 0.2) is 24.3 Å². The zero-order chi connectivity index (χ0) is 18.8. The van der Waals surface area contributed by atoms with Gasteiger partial charge in [0.15, 0.2) is 0 Å². The fourth-order valence-corrected chi connectivity index (χ4v) is 2.84. The normalized spacial score (nSPS) is 14.7. The molecule has 1 aliphatic rings. The molecule has 1 N–H and O–H groups in total. The minimum absolute atomic E-state index is 0.0459. The first-order chi connectivity index (χ1) is 12.6. The molecule has 1 aromatic rings. The number of rotatable bonds is 9. The molecule has 1 aromatic carbocycles. The number of anilines is 1. The molecule has 2 amide bonds. The van der Waals surface area contributed by atoms with Crippen LogP contribution in [0.5, 0.6) is 5.75 Å². The van der Waals surface area contributed by atoms with Crippen LogP contribution in [0.3, 0.4) is 0 Å². The molecule has 1 heterocycles. The Bertz CT molecular complexity index is 571. The summed E-state index contributed by atoms with van der Waals surface area (Å²) >= 11 is 0. The highest BCUT2D eigenvalue weighted by molar-refractivity contribution is 5.92. The van der Waals surface area contributed by atoms with Gasteiger partial charge in [-0.3, -0.25) is 14.5 Å². The average Bonchev–Trinajstić information content (AvgIpc) is 2.64. The third kappa shape index (κ3) is 6.65. The van der Waals surface area contributed by atoms with Gasteiger partial charge >= 0.3 is 0 Å². The van der Waals surface area contributed by atoms with Crippen molar-refractivity contribution >= 4 is 17.5 Å². The van der Waals surface area contributed by atoms with Gasteiger partial charge in [0.1, 0.15) is 5.75 Å². The fraction of sp³-hybridized carbons (Fsp3) is 0.579. The lowest BCUT2D eigenvalue weighted by molar-refractivity contribution is -0.121. The Hall–Kier alpha value is -2.12. The summed E-state index contributed by atoms with van der Waals surface area (Å²) in [6.07, 6.45) is 0.274. The number of carbonyl (C=O) groups is 2. The maximum Gasteiger partial charge on any atom is 0.223 e. The zero-order valence-corrected chi connectivity index (χ0v) is 15.7. The molecule has 0 saturated carbocycles. The molecule has 0 bridgehead atoms. The minimum atomic E-state index is -0.0877. The van der Waals surface area contributed by atoms with E-state index in [0.717, 1.165) is 44.3 Å².